The van der Waals surface area contributed by atoms with Crippen LogP contribution < -0.4 is 0 Å². The van der Waals surface area contributed by atoms with Crippen molar-refractivity contribution in [2.24, 2.45) is 0 Å². The van der Waals surface area contributed by atoms with Crippen LogP contribution in [0.2, 0.25) is 0 Å². The summed E-state index contributed by atoms with van der Waals surface area (Å²) in [4.78, 5) is 24.5. The van der Waals surface area contributed by atoms with E-state index in [1.165, 1.54) is 12.1 Å². The van der Waals surface area contributed by atoms with Gasteiger partial charge in [0.15, 0.2) is 0 Å². The topological polar surface area (TPSA) is 72.7 Å². The van der Waals surface area contributed by atoms with Crippen molar-refractivity contribution in [3.8, 4) is 0 Å². The number of nitrogens with zero attached hydrogens (tertiary/aromatic N) is 2. The maximum absolute atomic E-state index is 12.5. The summed E-state index contributed by atoms with van der Waals surface area (Å²) in [7, 11) is 0. The second kappa shape index (κ2) is 6.49. The van der Waals surface area contributed by atoms with Crippen molar-refractivity contribution in [3.05, 3.63) is 37.4 Å². The molecule has 1 saturated heterocycles. The lowest BCUT2D eigenvalue weighted by Gasteiger charge is -2.32. The molecule has 0 radical (unpaired) electrons. The van der Waals surface area contributed by atoms with E-state index in [2.05, 4.69) is 0 Å². The van der Waals surface area contributed by atoms with Gasteiger partial charge in [0.1, 0.15) is 0 Å². The molecule has 1 unspecified atom stereocenters. The number of carbonyl (C=O) groups excluding carboxylic acids is 1. The first-order valence-corrected chi connectivity index (χ1v) is 7.45. The molecule has 0 N–H and O–H groups in total. The number of morpholine rings is 1. The number of amides is 1. The van der Waals surface area contributed by atoms with Gasteiger partial charge in [0.2, 0.25) is 0 Å². The molecule has 0 saturated carbocycles. The third-order valence-corrected chi connectivity index (χ3v) is 4.21. The van der Waals surface area contributed by atoms with Gasteiger partial charge >= 0.3 is 0 Å². The SMILES string of the molecule is CCC1CN(C(=O)c2cc([N+](=O)[O-])ccc2I)CCO1. The van der Waals surface area contributed by atoms with Gasteiger partial charge < -0.3 is 9.64 Å². The molecule has 2 rings (SSSR count). The predicted octanol–water partition coefficient (Wildman–Crippen LogP) is 2.45. The third-order valence-electron chi connectivity index (χ3n) is 3.27. The molecule has 1 fully saturated rings. The van der Waals surface area contributed by atoms with Crippen molar-refractivity contribution in [2.45, 2.75) is 19.4 Å². The predicted molar refractivity (Wildman–Crippen MR) is 81.7 cm³/mol. The maximum atomic E-state index is 12.5. The minimum atomic E-state index is -0.485. The fourth-order valence-corrected chi connectivity index (χ4v) is 2.68. The van der Waals surface area contributed by atoms with E-state index in [4.69, 9.17) is 4.74 Å². The van der Waals surface area contributed by atoms with Crippen molar-refractivity contribution in [3.63, 3.8) is 0 Å². The van der Waals surface area contributed by atoms with E-state index >= 15 is 0 Å². The summed E-state index contributed by atoms with van der Waals surface area (Å²) in [6.07, 6.45) is 0.888. The number of halogens is 1. The molecule has 1 aliphatic rings. The maximum Gasteiger partial charge on any atom is 0.270 e. The molecule has 1 amide bonds. The van der Waals surface area contributed by atoms with Crippen molar-refractivity contribution < 1.29 is 14.5 Å². The number of non-ortho nitro benzene ring substituents is 1. The number of carbonyl (C=O) groups is 1. The van der Waals surface area contributed by atoms with Crippen molar-refractivity contribution in [1.82, 2.24) is 4.90 Å². The number of nitro benzene ring substituents is 1. The van der Waals surface area contributed by atoms with Gasteiger partial charge in [0.05, 0.1) is 23.2 Å². The Morgan fingerprint density at radius 1 is 1.60 bits per heavy atom. The second-order valence-corrected chi connectivity index (χ2v) is 5.74. The first-order valence-electron chi connectivity index (χ1n) is 6.37. The summed E-state index contributed by atoms with van der Waals surface area (Å²) in [5.41, 5.74) is 0.325. The lowest BCUT2D eigenvalue weighted by atomic mass is 10.1. The summed E-state index contributed by atoms with van der Waals surface area (Å²) < 4.78 is 6.25. The van der Waals surface area contributed by atoms with Crippen LogP contribution in [0.1, 0.15) is 23.7 Å². The first kappa shape index (κ1) is 15.2. The minimum Gasteiger partial charge on any atom is -0.375 e. The average molecular weight is 390 g/mol. The highest BCUT2D eigenvalue weighted by atomic mass is 127. The molecule has 0 aliphatic carbocycles. The van der Waals surface area contributed by atoms with Crippen LogP contribution in [0.4, 0.5) is 5.69 Å². The summed E-state index contributed by atoms with van der Waals surface area (Å²) in [5.74, 6) is -0.167. The first-order chi connectivity index (χ1) is 9.52. The Labute approximate surface area is 130 Å². The van der Waals surface area contributed by atoms with Gasteiger partial charge in [-0.3, -0.25) is 14.9 Å². The van der Waals surface area contributed by atoms with Crippen LogP contribution >= 0.6 is 22.6 Å². The van der Waals surface area contributed by atoms with E-state index in [1.807, 2.05) is 29.5 Å². The summed E-state index contributed by atoms with van der Waals surface area (Å²) in [5, 5.41) is 10.8. The molecule has 20 heavy (non-hydrogen) atoms. The monoisotopic (exact) mass is 390 g/mol. The van der Waals surface area contributed by atoms with Crippen LogP contribution in [0.25, 0.3) is 0 Å². The van der Waals surface area contributed by atoms with Gasteiger partial charge in [0.25, 0.3) is 11.6 Å². The zero-order valence-electron chi connectivity index (χ0n) is 11.0. The van der Waals surface area contributed by atoms with Crippen LogP contribution in [0.5, 0.6) is 0 Å². The fourth-order valence-electron chi connectivity index (χ4n) is 2.11. The number of hydrogen-bond donors (Lipinski definition) is 0. The number of benzene rings is 1. The van der Waals surface area contributed by atoms with Crippen molar-refractivity contribution in [1.29, 1.82) is 0 Å². The highest BCUT2D eigenvalue weighted by molar-refractivity contribution is 14.1. The van der Waals surface area contributed by atoms with Crippen LogP contribution in [0.15, 0.2) is 18.2 Å². The molecular weight excluding hydrogens is 375 g/mol. The van der Waals surface area contributed by atoms with Crippen molar-refractivity contribution >= 4 is 34.2 Å². The minimum absolute atomic E-state index is 0.0454. The molecule has 0 spiro atoms. The molecule has 7 heteroatoms. The molecule has 1 heterocycles. The Bertz CT molecular complexity index is 535. The quantitative estimate of drug-likeness (QED) is 0.452. The Morgan fingerprint density at radius 2 is 2.35 bits per heavy atom. The summed E-state index contributed by atoms with van der Waals surface area (Å²) >= 11 is 2.03. The normalized spacial score (nSPS) is 18.9. The number of hydrogen-bond acceptors (Lipinski definition) is 4. The molecule has 6 nitrogen and oxygen atoms in total. The molecule has 0 aromatic heterocycles. The van der Waals surface area contributed by atoms with Gasteiger partial charge in [0, 0.05) is 28.8 Å². The zero-order valence-corrected chi connectivity index (χ0v) is 13.2. The lowest BCUT2D eigenvalue weighted by molar-refractivity contribution is -0.384. The fraction of sp³-hybridized carbons (Fsp3) is 0.462. The summed E-state index contributed by atoms with van der Waals surface area (Å²) in [6.45, 7) is 3.58. The molecule has 0 bridgehead atoms. The second-order valence-electron chi connectivity index (χ2n) is 4.57. The van der Waals surface area contributed by atoms with Crippen molar-refractivity contribution in [2.75, 3.05) is 19.7 Å². The van der Waals surface area contributed by atoms with E-state index < -0.39 is 4.92 Å². The molecule has 108 valence electrons. The van der Waals surface area contributed by atoms with Gasteiger partial charge in [-0.25, -0.2) is 0 Å². The smallest absolute Gasteiger partial charge is 0.270 e. The number of nitro groups is 1. The van der Waals surface area contributed by atoms with Gasteiger partial charge in [-0.05, 0) is 35.1 Å². The van der Waals surface area contributed by atoms with E-state index in [1.54, 1.807) is 11.0 Å². The molecule has 1 aliphatic heterocycles. The van der Waals surface area contributed by atoms with Gasteiger partial charge in [-0.1, -0.05) is 6.92 Å². The van der Waals surface area contributed by atoms with Gasteiger partial charge in [-0.2, -0.15) is 0 Å². The molecule has 1 aromatic carbocycles. The van der Waals surface area contributed by atoms with Crippen LogP contribution in [0.3, 0.4) is 0 Å². The Balaban J connectivity index is 2.24. The Hall–Kier alpha value is -1.22. The van der Waals surface area contributed by atoms with E-state index in [0.29, 0.717) is 25.3 Å². The summed E-state index contributed by atoms with van der Waals surface area (Å²) in [6, 6.07) is 4.36. The largest absolute Gasteiger partial charge is 0.375 e. The Kier molecular flexibility index (Phi) is 4.92. The highest BCUT2D eigenvalue weighted by Gasteiger charge is 2.26. The molecular formula is C13H15IN2O4. The standard InChI is InChI=1S/C13H15IN2O4/c1-2-10-8-15(5-6-20-10)13(17)11-7-9(16(18)19)3-4-12(11)14/h3-4,7,10H,2,5-6,8H2,1H3. The zero-order chi connectivity index (χ0) is 14.7. The third kappa shape index (κ3) is 3.26. The number of rotatable bonds is 3. The lowest BCUT2D eigenvalue weighted by Crippen LogP contribution is -2.45. The van der Waals surface area contributed by atoms with Crippen LogP contribution in [-0.4, -0.2) is 41.5 Å². The van der Waals surface area contributed by atoms with E-state index in [0.717, 1.165) is 9.99 Å². The van der Waals surface area contributed by atoms with Crippen LogP contribution in [0, 0.1) is 13.7 Å². The van der Waals surface area contributed by atoms with Gasteiger partial charge in [-0.15, -0.1) is 0 Å². The molecule has 1 atom stereocenters. The van der Waals surface area contributed by atoms with Crippen LogP contribution in [-0.2, 0) is 4.74 Å². The molecule has 1 aromatic rings. The highest BCUT2D eigenvalue weighted by Crippen LogP contribution is 2.22. The van der Waals surface area contributed by atoms with E-state index in [9.17, 15) is 14.9 Å². The number of ether oxygens (including phenoxy) is 1. The average Bonchev–Trinajstić information content (AvgIpc) is 2.46. The van der Waals surface area contributed by atoms with E-state index in [-0.39, 0.29) is 17.7 Å². The Morgan fingerprint density at radius 3 is 3.00 bits per heavy atom.